The summed E-state index contributed by atoms with van der Waals surface area (Å²) in [6, 6.07) is 17.0. The van der Waals surface area contributed by atoms with Crippen molar-refractivity contribution < 1.29 is 14.3 Å². The van der Waals surface area contributed by atoms with Crippen LogP contribution in [0.5, 0.6) is 11.5 Å². The number of methoxy groups -OCH3 is 2. The molecule has 0 atom stereocenters. The van der Waals surface area contributed by atoms with Crippen LogP contribution in [0.1, 0.15) is 6.92 Å². The third-order valence-electron chi connectivity index (χ3n) is 4.97. The number of thiophene rings is 1. The number of ether oxygens (including phenoxy) is 2. The predicted octanol–water partition coefficient (Wildman–Crippen LogP) is 4.89. The molecule has 9 heteroatoms. The molecule has 1 N–H and O–H groups in total. The number of benzene rings is 2. The molecule has 2 aromatic carbocycles. The summed E-state index contributed by atoms with van der Waals surface area (Å²) in [7, 11) is 3.10. The second-order valence-corrected chi connectivity index (χ2v) is 9.04. The Hall–Kier alpha value is -3.30. The molecule has 0 fully saturated rings. The summed E-state index contributed by atoms with van der Waals surface area (Å²) in [5, 5.41) is 3.37. The number of fused-ring (bicyclic) bond motifs is 1. The molecule has 0 radical (unpaired) electrons. The molecular formula is C24H23N3O4S2. The van der Waals surface area contributed by atoms with Gasteiger partial charge in [0.2, 0.25) is 5.91 Å². The van der Waals surface area contributed by atoms with Crippen LogP contribution in [0.25, 0.3) is 20.7 Å². The number of thioether (sulfide) groups is 1. The van der Waals surface area contributed by atoms with Gasteiger partial charge in [0.05, 0.1) is 25.5 Å². The van der Waals surface area contributed by atoms with Crippen molar-refractivity contribution in [2.75, 3.05) is 25.3 Å². The molecular weight excluding hydrogens is 458 g/mol. The van der Waals surface area contributed by atoms with Crippen LogP contribution in [-0.4, -0.2) is 35.4 Å². The zero-order valence-corrected chi connectivity index (χ0v) is 20.1. The molecule has 170 valence electrons. The van der Waals surface area contributed by atoms with Gasteiger partial charge in [-0.1, -0.05) is 42.1 Å². The highest BCUT2D eigenvalue weighted by Gasteiger charge is 2.16. The molecule has 0 spiro atoms. The maximum absolute atomic E-state index is 13.1. The first-order valence-corrected chi connectivity index (χ1v) is 12.1. The van der Waals surface area contributed by atoms with Crippen molar-refractivity contribution in [1.29, 1.82) is 0 Å². The van der Waals surface area contributed by atoms with Gasteiger partial charge in [-0.3, -0.25) is 14.2 Å². The molecule has 0 aliphatic rings. The first-order valence-electron chi connectivity index (χ1n) is 10.3. The van der Waals surface area contributed by atoms with Gasteiger partial charge in [-0.2, -0.15) is 0 Å². The van der Waals surface area contributed by atoms with Crippen molar-refractivity contribution in [3.63, 3.8) is 0 Å². The van der Waals surface area contributed by atoms with Crippen molar-refractivity contribution in [1.82, 2.24) is 9.55 Å². The average Bonchev–Trinajstić information content (AvgIpc) is 3.28. The number of carbonyl (C=O) groups is 1. The number of rotatable bonds is 8. The molecule has 0 unspecified atom stereocenters. The summed E-state index contributed by atoms with van der Waals surface area (Å²) in [5.41, 5.74) is 2.21. The second kappa shape index (κ2) is 10.1. The number of aromatic nitrogens is 2. The summed E-state index contributed by atoms with van der Waals surface area (Å²) < 4.78 is 12.7. The van der Waals surface area contributed by atoms with Gasteiger partial charge in [-0.05, 0) is 30.7 Å². The fourth-order valence-corrected chi connectivity index (χ4v) is 5.28. The topological polar surface area (TPSA) is 82.5 Å². The minimum atomic E-state index is -0.209. The fraction of sp³-hybridized carbons (Fsp3) is 0.208. The zero-order chi connectivity index (χ0) is 23.4. The maximum Gasteiger partial charge on any atom is 0.272 e. The van der Waals surface area contributed by atoms with Crippen molar-refractivity contribution >= 4 is 44.9 Å². The quantitative estimate of drug-likeness (QED) is 0.285. The molecule has 0 saturated carbocycles. The lowest BCUT2D eigenvalue weighted by Gasteiger charge is -2.11. The summed E-state index contributed by atoms with van der Waals surface area (Å²) >= 11 is 2.68. The van der Waals surface area contributed by atoms with Crippen molar-refractivity contribution in [2.24, 2.45) is 0 Å². The molecule has 7 nitrogen and oxygen atoms in total. The van der Waals surface area contributed by atoms with Crippen LogP contribution in [-0.2, 0) is 11.3 Å². The van der Waals surface area contributed by atoms with E-state index in [1.54, 1.807) is 37.0 Å². The van der Waals surface area contributed by atoms with Crippen LogP contribution < -0.4 is 20.3 Å². The first kappa shape index (κ1) is 22.9. The standard InChI is InChI=1S/C24H23N3O4S2/c1-4-27-23(29)22-17(13-20(33-22)15-8-6-5-7-9-15)26-24(27)32-14-21(28)25-16-10-11-18(30-2)19(12-16)31-3/h5-13H,4,14H2,1-3H3,(H,25,28). The molecule has 0 bridgehead atoms. The largest absolute Gasteiger partial charge is 0.493 e. The van der Waals surface area contributed by atoms with E-state index in [2.05, 4.69) is 5.32 Å². The fourth-order valence-electron chi connectivity index (χ4n) is 3.37. The van der Waals surface area contributed by atoms with Crippen LogP contribution in [0.2, 0.25) is 0 Å². The van der Waals surface area contributed by atoms with Crippen LogP contribution in [0.3, 0.4) is 0 Å². The van der Waals surface area contributed by atoms with Gasteiger partial charge in [-0.15, -0.1) is 11.3 Å². The number of nitrogens with one attached hydrogen (secondary N) is 1. The lowest BCUT2D eigenvalue weighted by Crippen LogP contribution is -2.22. The smallest absolute Gasteiger partial charge is 0.272 e. The second-order valence-electron chi connectivity index (χ2n) is 7.04. The van der Waals surface area contributed by atoms with Gasteiger partial charge in [-0.25, -0.2) is 4.98 Å². The highest BCUT2D eigenvalue weighted by atomic mass is 32.2. The van der Waals surface area contributed by atoms with Crippen molar-refractivity contribution in [2.45, 2.75) is 18.6 Å². The van der Waals surface area contributed by atoms with Gasteiger partial charge in [0.15, 0.2) is 16.7 Å². The summed E-state index contributed by atoms with van der Waals surface area (Å²) in [6.45, 7) is 2.37. The Morgan fingerprint density at radius 1 is 1.09 bits per heavy atom. The van der Waals surface area contributed by atoms with E-state index in [0.29, 0.717) is 39.1 Å². The molecule has 1 amide bonds. The van der Waals surface area contributed by atoms with Crippen LogP contribution in [0.4, 0.5) is 5.69 Å². The van der Waals surface area contributed by atoms with Gasteiger partial charge in [0.1, 0.15) is 4.70 Å². The predicted molar refractivity (Wildman–Crippen MR) is 134 cm³/mol. The molecule has 0 aliphatic heterocycles. The number of nitrogens with zero attached hydrogens (tertiary/aromatic N) is 2. The molecule has 0 saturated heterocycles. The Morgan fingerprint density at radius 3 is 2.55 bits per heavy atom. The number of amides is 1. The lowest BCUT2D eigenvalue weighted by molar-refractivity contribution is -0.113. The molecule has 2 aromatic heterocycles. The summed E-state index contributed by atoms with van der Waals surface area (Å²) in [4.78, 5) is 31.3. The highest BCUT2D eigenvalue weighted by molar-refractivity contribution is 7.99. The minimum absolute atomic E-state index is 0.0857. The minimum Gasteiger partial charge on any atom is -0.493 e. The number of carbonyl (C=O) groups excluding carboxylic acids is 1. The van der Waals surface area contributed by atoms with Gasteiger partial charge in [0.25, 0.3) is 5.56 Å². The van der Waals surface area contributed by atoms with E-state index in [9.17, 15) is 9.59 Å². The van der Waals surface area contributed by atoms with Crippen LogP contribution >= 0.6 is 23.1 Å². The van der Waals surface area contributed by atoms with E-state index >= 15 is 0 Å². The monoisotopic (exact) mass is 481 g/mol. The highest BCUT2D eigenvalue weighted by Crippen LogP contribution is 2.32. The van der Waals surface area contributed by atoms with E-state index < -0.39 is 0 Å². The van der Waals surface area contributed by atoms with Gasteiger partial charge >= 0.3 is 0 Å². The Bertz CT molecular complexity index is 1350. The number of hydrogen-bond donors (Lipinski definition) is 1. The molecule has 4 aromatic rings. The van der Waals surface area contributed by atoms with E-state index in [1.165, 1.54) is 23.1 Å². The third-order valence-corrected chi connectivity index (χ3v) is 7.11. The Morgan fingerprint density at radius 2 is 1.85 bits per heavy atom. The van der Waals surface area contributed by atoms with E-state index in [-0.39, 0.29) is 17.2 Å². The van der Waals surface area contributed by atoms with Crippen LogP contribution in [0.15, 0.2) is 64.5 Å². The summed E-state index contributed by atoms with van der Waals surface area (Å²) in [5.74, 6) is 1.02. The lowest BCUT2D eigenvalue weighted by atomic mass is 10.2. The normalized spacial score (nSPS) is 10.9. The van der Waals surface area contributed by atoms with Gasteiger partial charge < -0.3 is 14.8 Å². The Labute approximate surface area is 199 Å². The Balaban J connectivity index is 1.54. The molecule has 33 heavy (non-hydrogen) atoms. The SMILES string of the molecule is CCn1c(SCC(=O)Nc2ccc(OC)c(OC)c2)nc2cc(-c3ccccc3)sc2c1=O. The number of hydrogen-bond acceptors (Lipinski definition) is 7. The Kier molecular flexibility index (Phi) is 7.00. The molecule has 0 aliphatic carbocycles. The first-order chi connectivity index (χ1) is 16.0. The third kappa shape index (κ3) is 4.89. The van der Waals surface area contributed by atoms with Gasteiger partial charge in [0, 0.05) is 23.2 Å². The van der Waals surface area contributed by atoms with E-state index in [0.717, 1.165) is 10.4 Å². The molecule has 2 heterocycles. The van der Waals surface area contributed by atoms with E-state index in [4.69, 9.17) is 14.5 Å². The average molecular weight is 482 g/mol. The number of anilines is 1. The van der Waals surface area contributed by atoms with E-state index in [1.807, 2.05) is 43.3 Å². The molecule has 4 rings (SSSR count). The maximum atomic E-state index is 13.1. The zero-order valence-electron chi connectivity index (χ0n) is 18.5. The van der Waals surface area contributed by atoms with Crippen molar-refractivity contribution in [3.8, 4) is 21.9 Å². The van der Waals surface area contributed by atoms with Crippen LogP contribution in [0, 0.1) is 0 Å². The van der Waals surface area contributed by atoms with Crippen molar-refractivity contribution in [3.05, 3.63) is 65.0 Å². The summed E-state index contributed by atoms with van der Waals surface area (Å²) in [6.07, 6.45) is 0.